The summed E-state index contributed by atoms with van der Waals surface area (Å²) in [6, 6.07) is 6.49. The van der Waals surface area contributed by atoms with Crippen LogP contribution in [0.4, 0.5) is 8.78 Å². The van der Waals surface area contributed by atoms with E-state index in [9.17, 15) is 13.9 Å². The van der Waals surface area contributed by atoms with E-state index in [1.54, 1.807) is 12.1 Å². The van der Waals surface area contributed by atoms with E-state index in [0.29, 0.717) is 0 Å². The first-order chi connectivity index (χ1) is 6.45. The first-order valence-corrected chi connectivity index (χ1v) is 5.08. The highest BCUT2D eigenvalue weighted by Crippen LogP contribution is 2.36. The van der Waals surface area contributed by atoms with Crippen molar-refractivity contribution >= 4 is 15.9 Å². The lowest BCUT2D eigenvalue weighted by Crippen LogP contribution is -2.18. The molecule has 0 amide bonds. The minimum absolute atomic E-state index is 0.212. The zero-order valence-electron chi connectivity index (χ0n) is 7.67. The highest BCUT2D eigenvalue weighted by atomic mass is 79.9. The van der Waals surface area contributed by atoms with Gasteiger partial charge in [0.15, 0.2) is 6.10 Å². The molecule has 4 heteroatoms. The largest absolute Gasteiger partial charge is 0.381 e. The monoisotopic (exact) mass is 264 g/mol. The third-order valence-electron chi connectivity index (χ3n) is 2.01. The van der Waals surface area contributed by atoms with Crippen LogP contribution in [-0.4, -0.2) is 9.94 Å². The molecule has 78 valence electrons. The van der Waals surface area contributed by atoms with Crippen molar-refractivity contribution in [3.05, 3.63) is 35.4 Å². The summed E-state index contributed by atoms with van der Waals surface area (Å²) in [6.45, 7) is 1.98. The van der Waals surface area contributed by atoms with E-state index in [4.69, 9.17) is 0 Å². The van der Waals surface area contributed by atoms with Crippen molar-refractivity contribution in [3.63, 3.8) is 0 Å². The van der Waals surface area contributed by atoms with Crippen LogP contribution in [-0.2, 0) is 6.42 Å². The van der Waals surface area contributed by atoms with Crippen LogP contribution in [0.15, 0.2) is 24.3 Å². The minimum Gasteiger partial charge on any atom is -0.381 e. The summed E-state index contributed by atoms with van der Waals surface area (Å²) >= 11 is 2.13. The molecule has 0 radical (unpaired) electrons. The Morgan fingerprint density at radius 3 is 2.21 bits per heavy atom. The number of halogens is 3. The molecule has 0 fully saturated rings. The number of alkyl halides is 3. The van der Waals surface area contributed by atoms with Gasteiger partial charge in [-0.25, -0.2) is 0 Å². The van der Waals surface area contributed by atoms with Crippen LogP contribution in [0.3, 0.4) is 0 Å². The van der Waals surface area contributed by atoms with E-state index in [-0.39, 0.29) is 5.56 Å². The number of aliphatic hydroxyl groups excluding tert-OH is 1. The second kappa shape index (κ2) is 4.36. The molecule has 0 aromatic heterocycles. The lowest BCUT2D eigenvalue weighted by Gasteiger charge is -2.16. The van der Waals surface area contributed by atoms with Gasteiger partial charge in [-0.2, -0.15) is 8.78 Å². The van der Waals surface area contributed by atoms with Gasteiger partial charge in [-0.3, -0.25) is 0 Å². The normalized spacial score (nSPS) is 14.1. The van der Waals surface area contributed by atoms with Gasteiger partial charge in [0.1, 0.15) is 0 Å². The molecule has 1 N–H and O–H groups in total. The molecule has 0 heterocycles. The maximum atomic E-state index is 12.7. The Morgan fingerprint density at radius 2 is 1.86 bits per heavy atom. The van der Waals surface area contributed by atoms with Crippen molar-refractivity contribution in [1.82, 2.24) is 0 Å². The van der Waals surface area contributed by atoms with Crippen LogP contribution >= 0.6 is 15.9 Å². The molecule has 0 bridgehead atoms. The minimum atomic E-state index is -3.28. The van der Waals surface area contributed by atoms with Gasteiger partial charge in [-0.05, 0) is 33.5 Å². The van der Waals surface area contributed by atoms with Gasteiger partial charge in [0.25, 0.3) is 0 Å². The van der Waals surface area contributed by atoms with Gasteiger partial charge in [0, 0.05) is 0 Å². The van der Waals surface area contributed by atoms with Crippen LogP contribution < -0.4 is 0 Å². The van der Waals surface area contributed by atoms with Gasteiger partial charge in [0.2, 0.25) is 0 Å². The Hall–Kier alpha value is -0.480. The Bertz CT molecular complexity index is 292. The first kappa shape index (κ1) is 11.6. The smallest absolute Gasteiger partial charge is 0.330 e. The number of aryl methyl sites for hydroxylation is 1. The molecular formula is C10H11BrF2O. The standard InChI is InChI=1S/C10H11BrF2O/c1-2-7-3-5-8(6-4-7)9(14)10(11,12)13/h3-6,9,14H,2H2,1H3. The maximum absolute atomic E-state index is 12.7. The number of aliphatic hydroxyl groups is 1. The molecule has 1 aromatic rings. The summed E-state index contributed by atoms with van der Waals surface area (Å²) in [5.74, 6) is 0. The van der Waals surface area contributed by atoms with Crippen LogP contribution in [0.2, 0.25) is 0 Å². The molecule has 0 spiro atoms. The Balaban J connectivity index is 2.87. The van der Waals surface area contributed by atoms with Gasteiger partial charge in [0.05, 0.1) is 0 Å². The fourth-order valence-electron chi connectivity index (χ4n) is 1.12. The van der Waals surface area contributed by atoms with Crippen LogP contribution in [0.1, 0.15) is 24.2 Å². The van der Waals surface area contributed by atoms with Crippen LogP contribution in [0.5, 0.6) is 0 Å². The Morgan fingerprint density at radius 1 is 1.36 bits per heavy atom. The van der Waals surface area contributed by atoms with Crippen LogP contribution in [0.25, 0.3) is 0 Å². The molecule has 1 rings (SSSR count). The topological polar surface area (TPSA) is 20.2 Å². The quantitative estimate of drug-likeness (QED) is 0.831. The predicted octanol–water partition coefficient (Wildman–Crippen LogP) is 3.27. The zero-order chi connectivity index (χ0) is 10.8. The molecule has 0 aliphatic heterocycles. The van der Waals surface area contributed by atoms with Gasteiger partial charge < -0.3 is 5.11 Å². The second-order valence-corrected chi connectivity index (χ2v) is 4.10. The van der Waals surface area contributed by atoms with Gasteiger partial charge in [-0.1, -0.05) is 31.2 Å². The van der Waals surface area contributed by atoms with E-state index in [0.717, 1.165) is 12.0 Å². The SMILES string of the molecule is CCc1ccc(C(O)C(F)(F)Br)cc1. The molecule has 0 saturated carbocycles. The van der Waals surface area contributed by atoms with E-state index in [1.807, 2.05) is 6.92 Å². The van der Waals surface area contributed by atoms with E-state index < -0.39 is 10.9 Å². The summed E-state index contributed by atoms with van der Waals surface area (Å²) in [7, 11) is 0. The molecule has 1 unspecified atom stereocenters. The van der Waals surface area contributed by atoms with E-state index in [1.165, 1.54) is 12.1 Å². The summed E-state index contributed by atoms with van der Waals surface area (Å²) in [6.07, 6.45) is -0.949. The highest BCUT2D eigenvalue weighted by Gasteiger charge is 2.35. The van der Waals surface area contributed by atoms with Crippen molar-refractivity contribution in [2.24, 2.45) is 0 Å². The number of hydrogen-bond acceptors (Lipinski definition) is 1. The Labute approximate surface area is 89.9 Å². The van der Waals surface area contributed by atoms with Crippen molar-refractivity contribution in [3.8, 4) is 0 Å². The van der Waals surface area contributed by atoms with Crippen molar-refractivity contribution < 1.29 is 13.9 Å². The molecule has 0 aliphatic carbocycles. The number of rotatable bonds is 3. The van der Waals surface area contributed by atoms with E-state index in [2.05, 4.69) is 15.9 Å². The second-order valence-electron chi connectivity index (χ2n) is 3.04. The number of hydrogen-bond donors (Lipinski definition) is 1. The van der Waals surface area contributed by atoms with Gasteiger partial charge in [-0.15, -0.1) is 0 Å². The number of benzene rings is 1. The zero-order valence-corrected chi connectivity index (χ0v) is 9.26. The molecule has 1 aromatic carbocycles. The van der Waals surface area contributed by atoms with Crippen LogP contribution in [0, 0.1) is 0 Å². The third kappa shape index (κ3) is 2.75. The average Bonchev–Trinajstić information content (AvgIpc) is 2.15. The molecule has 0 aliphatic rings. The predicted molar refractivity (Wildman–Crippen MR) is 54.7 cm³/mol. The molecule has 1 nitrogen and oxygen atoms in total. The fourth-order valence-corrected chi connectivity index (χ4v) is 1.39. The summed E-state index contributed by atoms with van der Waals surface area (Å²) < 4.78 is 25.3. The van der Waals surface area contributed by atoms with Gasteiger partial charge >= 0.3 is 4.83 Å². The average molecular weight is 265 g/mol. The first-order valence-electron chi connectivity index (χ1n) is 4.28. The van der Waals surface area contributed by atoms with Crippen molar-refractivity contribution in [2.45, 2.75) is 24.3 Å². The van der Waals surface area contributed by atoms with Crippen molar-refractivity contribution in [2.75, 3.05) is 0 Å². The lowest BCUT2D eigenvalue weighted by molar-refractivity contribution is -0.0294. The van der Waals surface area contributed by atoms with Crippen molar-refractivity contribution in [1.29, 1.82) is 0 Å². The lowest BCUT2D eigenvalue weighted by atomic mass is 10.1. The highest BCUT2D eigenvalue weighted by molar-refractivity contribution is 9.10. The molecule has 0 saturated heterocycles. The molecule has 1 atom stereocenters. The summed E-state index contributed by atoms with van der Waals surface area (Å²) in [5.41, 5.74) is 1.27. The summed E-state index contributed by atoms with van der Waals surface area (Å²) in [4.78, 5) is -3.28. The maximum Gasteiger partial charge on any atom is 0.330 e. The fraction of sp³-hybridized carbons (Fsp3) is 0.400. The molecule has 14 heavy (non-hydrogen) atoms. The molecular weight excluding hydrogens is 254 g/mol. The van der Waals surface area contributed by atoms with E-state index >= 15 is 0 Å². The third-order valence-corrected chi connectivity index (χ3v) is 2.45. The Kier molecular flexibility index (Phi) is 3.61. The summed E-state index contributed by atoms with van der Waals surface area (Å²) in [5, 5.41) is 9.22.